The summed E-state index contributed by atoms with van der Waals surface area (Å²) in [5.74, 6) is -1.95. The van der Waals surface area contributed by atoms with Gasteiger partial charge in [0.05, 0.1) is 0 Å². The molecule has 1 aliphatic rings. The summed E-state index contributed by atoms with van der Waals surface area (Å²) in [6.07, 6.45) is 5.40. The van der Waals surface area contributed by atoms with E-state index in [1.807, 2.05) is 0 Å². The van der Waals surface area contributed by atoms with E-state index < -0.39 is 28.7 Å². The smallest absolute Gasteiger partial charge is 0.349 e. The summed E-state index contributed by atoms with van der Waals surface area (Å²) < 4.78 is 10.6. The Morgan fingerprint density at radius 2 is 1.35 bits per heavy atom. The van der Waals surface area contributed by atoms with Crippen molar-refractivity contribution in [3.8, 4) is 0 Å². The van der Waals surface area contributed by atoms with Crippen LogP contribution in [0.4, 0.5) is 0 Å². The van der Waals surface area contributed by atoms with Crippen molar-refractivity contribution in [3.63, 3.8) is 0 Å². The standard InChI is InChI=1S/C20H33NO5/c1-18(2,3)25-15(22)13-21-20(7,17(24)26-19(4,5)6)16(23)14-11-9-8-10-12-14/h13-14H,8-12H2,1-7H3/t20-/m0/s1. The summed E-state index contributed by atoms with van der Waals surface area (Å²) in [6, 6.07) is 0. The minimum atomic E-state index is -1.74. The molecular weight excluding hydrogens is 334 g/mol. The van der Waals surface area contributed by atoms with Gasteiger partial charge in [-0.15, -0.1) is 0 Å². The zero-order chi connectivity index (χ0) is 20.2. The summed E-state index contributed by atoms with van der Waals surface area (Å²) in [4.78, 5) is 41.9. The summed E-state index contributed by atoms with van der Waals surface area (Å²) >= 11 is 0. The number of ether oxygens (including phenoxy) is 2. The molecule has 0 aromatic rings. The van der Waals surface area contributed by atoms with Crippen LogP contribution in [0.5, 0.6) is 0 Å². The molecule has 6 nitrogen and oxygen atoms in total. The second-order valence-corrected chi connectivity index (χ2v) is 9.06. The maximum absolute atomic E-state index is 13.1. The molecule has 0 aliphatic heterocycles. The monoisotopic (exact) mass is 367 g/mol. The Kier molecular flexibility index (Phi) is 7.14. The molecule has 0 heterocycles. The Morgan fingerprint density at radius 3 is 1.81 bits per heavy atom. The van der Waals surface area contributed by atoms with E-state index in [2.05, 4.69) is 4.99 Å². The molecule has 0 bridgehead atoms. The molecular formula is C20H33NO5. The highest BCUT2D eigenvalue weighted by Crippen LogP contribution is 2.31. The lowest BCUT2D eigenvalue weighted by atomic mass is 9.79. The topological polar surface area (TPSA) is 82.0 Å². The van der Waals surface area contributed by atoms with E-state index in [-0.39, 0.29) is 11.7 Å². The van der Waals surface area contributed by atoms with Crippen molar-refractivity contribution < 1.29 is 23.9 Å². The van der Waals surface area contributed by atoms with Gasteiger partial charge < -0.3 is 9.47 Å². The highest BCUT2D eigenvalue weighted by molar-refractivity contribution is 6.25. The highest BCUT2D eigenvalue weighted by Gasteiger charge is 2.46. The molecule has 0 aromatic carbocycles. The zero-order valence-electron chi connectivity index (χ0n) is 17.2. The molecule has 0 spiro atoms. The minimum absolute atomic E-state index is 0.239. The Balaban J connectivity index is 3.09. The third kappa shape index (κ3) is 6.89. The second-order valence-electron chi connectivity index (χ2n) is 9.06. The normalized spacial score (nSPS) is 19.0. The van der Waals surface area contributed by atoms with Crippen molar-refractivity contribution in [2.24, 2.45) is 10.9 Å². The first kappa shape index (κ1) is 22.3. The van der Waals surface area contributed by atoms with Crippen LogP contribution in [-0.2, 0) is 23.9 Å². The fourth-order valence-corrected chi connectivity index (χ4v) is 2.87. The summed E-state index contributed by atoms with van der Waals surface area (Å²) in [6.45, 7) is 11.8. The molecule has 0 amide bonds. The molecule has 6 heteroatoms. The number of ketones is 1. The largest absolute Gasteiger partial charge is 0.458 e. The quantitative estimate of drug-likeness (QED) is 0.421. The fourth-order valence-electron chi connectivity index (χ4n) is 2.87. The molecule has 26 heavy (non-hydrogen) atoms. The van der Waals surface area contributed by atoms with E-state index in [4.69, 9.17) is 9.47 Å². The lowest BCUT2D eigenvalue weighted by Gasteiger charge is -2.31. The van der Waals surface area contributed by atoms with E-state index in [0.717, 1.165) is 38.3 Å². The number of hydrogen-bond acceptors (Lipinski definition) is 6. The number of aliphatic imine (C=N–C) groups is 1. The molecule has 1 saturated carbocycles. The van der Waals surface area contributed by atoms with Crippen molar-refractivity contribution in [3.05, 3.63) is 0 Å². The van der Waals surface area contributed by atoms with Gasteiger partial charge in [0.1, 0.15) is 17.4 Å². The van der Waals surface area contributed by atoms with E-state index in [1.54, 1.807) is 41.5 Å². The van der Waals surface area contributed by atoms with E-state index in [0.29, 0.717) is 0 Å². The van der Waals surface area contributed by atoms with Crippen molar-refractivity contribution in [1.29, 1.82) is 0 Å². The van der Waals surface area contributed by atoms with Gasteiger partial charge in [0.25, 0.3) is 0 Å². The Labute approximate surface area is 156 Å². The first-order chi connectivity index (χ1) is 11.7. The summed E-state index contributed by atoms with van der Waals surface area (Å²) in [5, 5.41) is 0. The predicted octanol–water partition coefficient (Wildman–Crippen LogP) is 3.65. The third-order valence-electron chi connectivity index (χ3n) is 4.09. The first-order valence-electron chi connectivity index (χ1n) is 9.30. The fraction of sp³-hybridized carbons (Fsp3) is 0.800. The number of Topliss-reactive ketones (excluding diaryl/α,β-unsaturated/α-hetero) is 1. The Bertz CT molecular complexity index is 562. The molecule has 0 N–H and O–H groups in total. The average Bonchev–Trinajstić information content (AvgIpc) is 2.49. The molecule has 1 atom stereocenters. The molecule has 0 radical (unpaired) electrons. The average molecular weight is 367 g/mol. The van der Waals surface area contributed by atoms with Gasteiger partial charge in [-0.25, -0.2) is 9.59 Å². The van der Waals surface area contributed by atoms with Crippen LogP contribution in [-0.4, -0.2) is 40.7 Å². The molecule has 148 valence electrons. The SMILES string of the molecule is CC(C)(C)OC(=O)C=N[C@](C)(C(=O)OC(C)(C)C)C(=O)C1CCCCC1. The lowest BCUT2D eigenvalue weighted by molar-refractivity contribution is -0.164. The second kappa shape index (κ2) is 8.31. The van der Waals surface area contributed by atoms with Crippen molar-refractivity contribution >= 4 is 23.9 Å². The number of hydrogen-bond donors (Lipinski definition) is 0. The van der Waals surface area contributed by atoms with Crippen LogP contribution in [0.1, 0.15) is 80.6 Å². The predicted molar refractivity (Wildman–Crippen MR) is 100 cm³/mol. The van der Waals surface area contributed by atoms with Crippen LogP contribution >= 0.6 is 0 Å². The number of rotatable bonds is 5. The van der Waals surface area contributed by atoms with Gasteiger partial charge in [-0.2, -0.15) is 0 Å². The zero-order valence-corrected chi connectivity index (χ0v) is 17.2. The molecule has 1 fully saturated rings. The molecule has 1 rings (SSSR count). The van der Waals surface area contributed by atoms with Crippen LogP contribution in [0.2, 0.25) is 0 Å². The molecule has 1 aliphatic carbocycles. The van der Waals surface area contributed by atoms with Crippen LogP contribution < -0.4 is 0 Å². The van der Waals surface area contributed by atoms with Gasteiger partial charge in [0, 0.05) is 5.92 Å². The Hall–Kier alpha value is -1.72. The summed E-state index contributed by atoms with van der Waals surface area (Å²) in [7, 11) is 0. The number of carbonyl (C=O) groups excluding carboxylic acids is 3. The van der Waals surface area contributed by atoms with Gasteiger partial charge in [0.2, 0.25) is 5.54 Å². The maximum atomic E-state index is 13.1. The number of esters is 2. The van der Waals surface area contributed by atoms with Gasteiger partial charge in [-0.3, -0.25) is 9.79 Å². The number of carbonyl (C=O) groups is 3. The maximum Gasteiger partial charge on any atom is 0.349 e. The number of nitrogens with zero attached hydrogens (tertiary/aromatic N) is 1. The Morgan fingerprint density at radius 1 is 0.846 bits per heavy atom. The third-order valence-corrected chi connectivity index (χ3v) is 4.09. The van der Waals surface area contributed by atoms with Crippen LogP contribution in [0.25, 0.3) is 0 Å². The van der Waals surface area contributed by atoms with Crippen LogP contribution in [0.3, 0.4) is 0 Å². The first-order valence-corrected chi connectivity index (χ1v) is 9.30. The van der Waals surface area contributed by atoms with Crippen molar-refractivity contribution in [1.82, 2.24) is 0 Å². The van der Waals surface area contributed by atoms with E-state index in [1.165, 1.54) is 6.92 Å². The van der Waals surface area contributed by atoms with Gasteiger partial charge in [0.15, 0.2) is 5.78 Å². The van der Waals surface area contributed by atoms with Crippen LogP contribution in [0, 0.1) is 5.92 Å². The van der Waals surface area contributed by atoms with Crippen LogP contribution in [0.15, 0.2) is 4.99 Å². The van der Waals surface area contributed by atoms with Crippen molar-refractivity contribution in [2.45, 2.75) is 97.3 Å². The molecule has 0 aromatic heterocycles. The van der Waals surface area contributed by atoms with Crippen molar-refractivity contribution in [2.75, 3.05) is 0 Å². The van der Waals surface area contributed by atoms with E-state index >= 15 is 0 Å². The minimum Gasteiger partial charge on any atom is -0.458 e. The highest BCUT2D eigenvalue weighted by atomic mass is 16.6. The van der Waals surface area contributed by atoms with Gasteiger partial charge >= 0.3 is 11.9 Å². The summed E-state index contributed by atoms with van der Waals surface area (Å²) in [5.41, 5.74) is -3.18. The lowest BCUT2D eigenvalue weighted by Crippen LogP contribution is -2.49. The molecule has 0 unspecified atom stereocenters. The van der Waals surface area contributed by atoms with Gasteiger partial charge in [-0.1, -0.05) is 19.3 Å². The van der Waals surface area contributed by atoms with E-state index in [9.17, 15) is 14.4 Å². The van der Waals surface area contributed by atoms with Gasteiger partial charge in [-0.05, 0) is 61.3 Å². The molecule has 0 saturated heterocycles.